The van der Waals surface area contributed by atoms with Gasteiger partial charge in [0.2, 0.25) is 0 Å². The predicted molar refractivity (Wildman–Crippen MR) is 37.0 cm³/mol. The zero-order valence-electron chi connectivity index (χ0n) is 6.06. The summed E-state index contributed by atoms with van der Waals surface area (Å²) in [6.07, 6.45) is 6.33. The highest BCUT2D eigenvalue weighted by atomic mass is 14.7. The maximum Gasteiger partial charge on any atom is -0.0264 e. The predicted octanol–water partition coefficient (Wildman–Crippen LogP) is 2.44. The molecule has 4 saturated carbocycles. The Morgan fingerprint density at radius 2 is 2.22 bits per heavy atom. The molecule has 4 aliphatic carbocycles. The first-order valence-corrected chi connectivity index (χ1v) is 4.31. The first-order valence-electron chi connectivity index (χ1n) is 4.31. The molecule has 0 spiro atoms. The highest BCUT2D eigenvalue weighted by Crippen LogP contribution is 2.73. The van der Waals surface area contributed by atoms with Crippen LogP contribution in [0, 0.1) is 23.2 Å². The van der Waals surface area contributed by atoms with Crippen LogP contribution < -0.4 is 0 Å². The van der Waals surface area contributed by atoms with Crippen molar-refractivity contribution in [3.8, 4) is 0 Å². The Kier molecular flexibility index (Phi) is 0.574. The molecule has 4 rings (SSSR count). The van der Waals surface area contributed by atoms with Crippen molar-refractivity contribution in [3.05, 3.63) is 0 Å². The lowest BCUT2D eigenvalue weighted by Gasteiger charge is -2.71. The molecule has 0 amide bonds. The summed E-state index contributed by atoms with van der Waals surface area (Å²) in [5.74, 6) is 3.53. The lowest BCUT2D eigenvalue weighted by molar-refractivity contribution is -0.221. The SMILES string of the molecule is CC12C[C@H]3CCC1CC32. The number of hydrogen-bond acceptors (Lipinski definition) is 0. The van der Waals surface area contributed by atoms with Crippen molar-refractivity contribution in [2.45, 2.75) is 32.6 Å². The Balaban J connectivity index is 2.00. The molecule has 4 fully saturated rings. The summed E-state index contributed by atoms with van der Waals surface area (Å²) in [5.41, 5.74) is 0.878. The summed E-state index contributed by atoms with van der Waals surface area (Å²) < 4.78 is 0. The Bertz CT molecular complexity index is 153. The maximum absolute atomic E-state index is 2.52. The zero-order valence-corrected chi connectivity index (χ0v) is 6.06. The minimum absolute atomic E-state index is 0.878. The summed E-state index contributed by atoms with van der Waals surface area (Å²) in [7, 11) is 0. The molecule has 4 atom stereocenters. The van der Waals surface area contributed by atoms with Gasteiger partial charge in [0.15, 0.2) is 0 Å². The van der Waals surface area contributed by atoms with Gasteiger partial charge in [0.25, 0.3) is 0 Å². The standard InChI is InChI=1S/C9H14/c1-9-5-6-2-3-7(9)4-8(6)9/h6-8H,2-5H2,1H3/t6-,7?,8?,9?/m1/s1. The van der Waals surface area contributed by atoms with Crippen LogP contribution in [0.5, 0.6) is 0 Å². The van der Waals surface area contributed by atoms with E-state index >= 15 is 0 Å². The second-order valence-corrected chi connectivity index (χ2v) is 4.59. The smallest absolute Gasteiger partial charge is 0.0264 e. The fourth-order valence-electron chi connectivity index (χ4n) is 3.75. The van der Waals surface area contributed by atoms with Gasteiger partial charge in [-0.15, -0.1) is 0 Å². The van der Waals surface area contributed by atoms with Crippen LogP contribution in [0.4, 0.5) is 0 Å². The van der Waals surface area contributed by atoms with Crippen molar-refractivity contribution in [2.24, 2.45) is 23.2 Å². The summed E-state index contributed by atoms with van der Waals surface area (Å²) in [6.45, 7) is 2.52. The van der Waals surface area contributed by atoms with Crippen molar-refractivity contribution in [2.75, 3.05) is 0 Å². The molecule has 4 bridgehead atoms. The van der Waals surface area contributed by atoms with Gasteiger partial charge < -0.3 is 0 Å². The van der Waals surface area contributed by atoms with E-state index in [0.29, 0.717) is 0 Å². The second kappa shape index (κ2) is 1.09. The fraction of sp³-hybridized carbons (Fsp3) is 1.00. The maximum atomic E-state index is 2.52. The van der Waals surface area contributed by atoms with Crippen molar-refractivity contribution >= 4 is 0 Å². The normalized spacial score (nSPS) is 68.3. The molecule has 0 aromatic carbocycles. The molecule has 0 aliphatic heterocycles. The molecular weight excluding hydrogens is 108 g/mol. The van der Waals surface area contributed by atoms with Gasteiger partial charge in [0.1, 0.15) is 0 Å². The van der Waals surface area contributed by atoms with E-state index in [-0.39, 0.29) is 0 Å². The van der Waals surface area contributed by atoms with Crippen molar-refractivity contribution in [1.82, 2.24) is 0 Å². The number of fused-ring (bicyclic) bond motifs is 1. The quantitative estimate of drug-likeness (QED) is 0.463. The molecule has 0 nitrogen and oxygen atoms in total. The second-order valence-electron chi connectivity index (χ2n) is 4.59. The van der Waals surface area contributed by atoms with Crippen LogP contribution in [0.1, 0.15) is 32.6 Å². The molecule has 0 aromatic rings. The molecule has 0 saturated heterocycles. The molecule has 0 heteroatoms. The van der Waals surface area contributed by atoms with Crippen molar-refractivity contribution < 1.29 is 0 Å². The lowest BCUT2D eigenvalue weighted by Crippen LogP contribution is -2.63. The Labute approximate surface area is 56.6 Å². The average Bonchev–Trinajstić information content (AvgIpc) is 1.88. The van der Waals surface area contributed by atoms with Gasteiger partial charge in [0.05, 0.1) is 0 Å². The Morgan fingerprint density at radius 1 is 1.33 bits per heavy atom. The summed E-state index contributed by atoms with van der Waals surface area (Å²) in [4.78, 5) is 0. The van der Waals surface area contributed by atoms with Crippen LogP contribution >= 0.6 is 0 Å². The van der Waals surface area contributed by atoms with Crippen LogP contribution in [0.25, 0.3) is 0 Å². The minimum Gasteiger partial charge on any atom is -0.0591 e. The van der Waals surface area contributed by atoms with E-state index in [0.717, 1.165) is 11.3 Å². The largest absolute Gasteiger partial charge is 0.0591 e. The van der Waals surface area contributed by atoms with E-state index in [1.807, 2.05) is 0 Å². The molecule has 4 aliphatic rings. The summed E-state index contributed by atoms with van der Waals surface area (Å²) in [5, 5.41) is 0. The van der Waals surface area contributed by atoms with Gasteiger partial charge in [-0.2, -0.15) is 0 Å². The van der Waals surface area contributed by atoms with Crippen LogP contribution in [-0.2, 0) is 0 Å². The third-order valence-electron chi connectivity index (χ3n) is 4.48. The van der Waals surface area contributed by atoms with Crippen molar-refractivity contribution in [1.29, 1.82) is 0 Å². The summed E-state index contributed by atoms with van der Waals surface area (Å²) in [6, 6.07) is 0. The van der Waals surface area contributed by atoms with E-state index in [9.17, 15) is 0 Å². The average molecular weight is 122 g/mol. The third kappa shape index (κ3) is 0.320. The highest BCUT2D eigenvalue weighted by molar-refractivity contribution is 5.14. The third-order valence-corrected chi connectivity index (χ3v) is 4.48. The number of hydrogen-bond donors (Lipinski definition) is 0. The fourth-order valence-corrected chi connectivity index (χ4v) is 3.75. The first kappa shape index (κ1) is 4.76. The molecule has 0 radical (unpaired) electrons. The van der Waals surface area contributed by atoms with Crippen molar-refractivity contribution in [3.63, 3.8) is 0 Å². The van der Waals surface area contributed by atoms with Gasteiger partial charge >= 0.3 is 0 Å². The topological polar surface area (TPSA) is 0 Å². The Hall–Kier alpha value is 0. The van der Waals surface area contributed by atoms with E-state index in [1.54, 1.807) is 25.7 Å². The van der Waals surface area contributed by atoms with E-state index in [4.69, 9.17) is 0 Å². The molecule has 50 valence electrons. The van der Waals surface area contributed by atoms with Gasteiger partial charge in [-0.1, -0.05) is 6.92 Å². The van der Waals surface area contributed by atoms with E-state index in [2.05, 4.69) is 6.92 Å². The molecule has 3 unspecified atom stereocenters. The highest BCUT2D eigenvalue weighted by Gasteiger charge is 2.64. The summed E-state index contributed by atoms with van der Waals surface area (Å²) >= 11 is 0. The molecule has 0 heterocycles. The van der Waals surface area contributed by atoms with Gasteiger partial charge in [-0.3, -0.25) is 0 Å². The van der Waals surface area contributed by atoms with Gasteiger partial charge in [0, 0.05) is 0 Å². The van der Waals surface area contributed by atoms with Crippen LogP contribution in [0.15, 0.2) is 0 Å². The van der Waals surface area contributed by atoms with Crippen LogP contribution in [0.3, 0.4) is 0 Å². The van der Waals surface area contributed by atoms with Gasteiger partial charge in [-0.25, -0.2) is 0 Å². The molecular formula is C9H14. The van der Waals surface area contributed by atoms with Crippen LogP contribution in [-0.4, -0.2) is 0 Å². The Morgan fingerprint density at radius 3 is 2.44 bits per heavy atom. The lowest BCUT2D eigenvalue weighted by atomic mass is 9.34. The minimum atomic E-state index is 0.878. The molecule has 0 N–H and O–H groups in total. The first-order chi connectivity index (χ1) is 4.31. The molecule has 0 aromatic heterocycles. The van der Waals surface area contributed by atoms with Gasteiger partial charge in [-0.05, 0) is 48.9 Å². The van der Waals surface area contributed by atoms with Crippen LogP contribution in [0.2, 0.25) is 0 Å². The van der Waals surface area contributed by atoms with E-state index in [1.165, 1.54) is 11.8 Å². The zero-order chi connectivity index (χ0) is 6.06. The monoisotopic (exact) mass is 122 g/mol. The molecule has 9 heavy (non-hydrogen) atoms. The number of rotatable bonds is 0. The van der Waals surface area contributed by atoms with E-state index < -0.39 is 0 Å².